The molecule has 0 aliphatic rings. The van der Waals surface area contributed by atoms with Crippen molar-refractivity contribution in [2.45, 2.75) is 19.6 Å². The molecule has 0 saturated heterocycles. The number of nitrogens with one attached hydrogen (secondary N) is 1. The second kappa shape index (κ2) is 6.10. The summed E-state index contributed by atoms with van der Waals surface area (Å²) in [7, 11) is 0. The Morgan fingerprint density at radius 2 is 2.22 bits per heavy atom. The first-order chi connectivity index (χ1) is 8.43. The summed E-state index contributed by atoms with van der Waals surface area (Å²) in [6.45, 7) is -1.65. The highest BCUT2D eigenvalue weighted by Crippen LogP contribution is 2.31. The van der Waals surface area contributed by atoms with E-state index in [-0.39, 0.29) is 12.6 Å². The van der Waals surface area contributed by atoms with Crippen LogP contribution in [0.25, 0.3) is 0 Å². The zero-order chi connectivity index (χ0) is 13.7. The number of aliphatic hydroxyl groups is 1. The van der Waals surface area contributed by atoms with Gasteiger partial charge in [0.05, 0.1) is 11.5 Å². The van der Waals surface area contributed by atoms with E-state index in [1.165, 1.54) is 6.07 Å². The number of ether oxygens (including phenoxy) is 1. The molecule has 1 atom stereocenters. The second-order valence-corrected chi connectivity index (χ2v) is 3.55. The summed E-state index contributed by atoms with van der Waals surface area (Å²) in [6.07, 6.45) is 0. The summed E-state index contributed by atoms with van der Waals surface area (Å²) in [4.78, 5) is 9.80. The van der Waals surface area contributed by atoms with Crippen molar-refractivity contribution >= 4 is 11.4 Å². The third kappa shape index (κ3) is 3.81. The first-order valence-electron chi connectivity index (χ1n) is 5.04. The lowest BCUT2D eigenvalue weighted by atomic mass is 10.2. The van der Waals surface area contributed by atoms with E-state index in [1.54, 1.807) is 6.92 Å². The van der Waals surface area contributed by atoms with Crippen LogP contribution < -0.4 is 10.1 Å². The molecule has 0 unspecified atom stereocenters. The van der Waals surface area contributed by atoms with Gasteiger partial charge in [-0.05, 0) is 13.0 Å². The molecule has 0 fully saturated rings. The summed E-state index contributed by atoms with van der Waals surface area (Å²) < 4.78 is 28.3. The standard InChI is InChI=1S/C10H12F2N2O4/c1-6(5-15)13-7-2-3-8(14(16)17)9(4-7)18-10(11)12/h2-4,6,10,13,15H,5H2,1H3/t6-/m1/s1. The molecule has 0 bridgehead atoms. The van der Waals surface area contributed by atoms with E-state index in [0.29, 0.717) is 5.69 Å². The average Bonchev–Trinajstić information content (AvgIpc) is 2.27. The van der Waals surface area contributed by atoms with Crippen molar-refractivity contribution < 1.29 is 23.5 Å². The van der Waals surface area contributed by atoms with Gasteiger partial charge in [0.15, 0.2) is 0 Å². The first-order valence-corrected chi connectivity index (χ1v) is 5.04. The van der Waals surface area contributed by atoms with E-state index >= 15 is 0 Å². The van der Waals surface area contributed by atoms with Crippen LogP contribution in [0, 0.1) is 10.1 Å². The van der Waals surface area contributed by atoms with E-state index in [2.05, 4.69) is 10.1 Å². The van der Waals surface area contributed by atoms with Gasteiger partial charge >= 0.3 is 12.3 Å². The van der Waals surface area contributed by atoms with Crippen molar-refractivity contribution in [2.24, 2.45) is 0 Å². The molecule has 1 aromatic carbocycles. The van der Waals surface area contributed by atoms with E-state index < -0.39 is 23.0 Å². The lowest BCUT2D eigenvalue weighted by molar-refractivity contribution is -0.386. The van der Waals surface area contributed by atoms with Crippen molar-refractivity contribution in [3.8, 4) is 5.75 Å². The highest BCUT2D eigenvalue weighted by molar-refractivity contribution is 5.58. The smallest absolute Gasteiger partial charge is 0.387 e. The van der Waals surface area contributed by atoms with Gasteiger partial charge in [0, 0.05) is 23.9 Å². The Hall–Kier alpha value is -1.96. The number of hydrogen-bond donors (Lipinski definition) is 2. The van der Waals surface area contributed by atoms with Crippen LogP contribution in [0.5, 0.6) is 5.75 Å². The normalized spacial score (nSPS) is 12.3. The number of halogens is 2. The van der Waals surface area contributed by atoms with Gasteiger partial charge in [-0.2, -0.15) is 8.78 Å². The van der Waals surface area contributed by atoms with Crippen LogP contribution in [0.3, 0.4) is 0 Å². The van der Waals surface area contributed by atoms with Crippen molar-refractivity contribution in [3.05, 3.63) is 28.3 Å². The molecule has 0 spiro atoms. The molecule has 0 aromatic heterocycles. The molecule has 0 aliphatic heterocycles. The maximum atomic E-state index is 12.1. The number of aliphatic hydroxyl groups excluding tert-OH is 1. The van der Waals surface area contributed by atoms with Crippen LogP contribution >= 0.6 is 0 Å². The Morgan fingerprint density at radius 3 is 2.72 bits per heavy atom. The van der Waals surface area contributed by atoms with Crippen LogP contribution in [0.2, 0.25) is 0 Å². The number of nitro benzene ring substituents is 1. The average molecular weight is 262 g/mol. The Balaban J connectivity index is 3.01. The number of hydrogen-bond acceptors (Lipinski definition) is 5. The van der Waals surface area contributed by atoms with Crippen LogP contribution in [0.4, 0.5) is 20.2 Å². The molecule has 1 aromatic rings. The Labute approximate surface area is 101 Å². The molecule has 8 heteroatoms. The van der Waals surface area contributed by atoms with Gasteiger partial charge in [0.25, 0.3) is 0 Å². The highest BCUT2D eigenvalue weighted by Gasteiger charge is 2.19. The molecule has 6 nitrogen and oxygen atoms in total. The molecule has 0 amide bonds. The molecule has 18 heavy (non-hydrogen) atoms. The van der Waals surface area contributed by atoms with Crippen molar-refractivity contribution in [1.82, 2.24) is 0 Å². The van der Waals surface area contributed by atoms with Crippen molar-refractivity contribution in [2.75, 3.05) is 11.9 Å². The molecule has 0 radical (unpaired) electrons. The Morgan fingerprint density at radius 1 is 1.56 bits per heavy atom. The zero-order valence-corrected chi connectivity index (χ0v) is 9.47. The molecule has 0 aliphatic carbocycles. The Kier molecular flexibility index (Phi) is 4.78. The molecule has 100 valence electrons. The summed E-state index contributed by atoms with van der Waals surface area (Å²) in [5.41, 5.74) is -0.199. The molecular weight excluding hydrogens is 250 g/mol. The number of nitrogens with zero attached hydrogens (tertiary/aromatic N) is 1. The summed E-state index contributed by atoms with van der Waals surface area (Å²) >= 11 is 0. The molecule has 0 saturated carbocycles. The SMILES string of the molecule is C[C@H](CO)Nc1ccc([N+](=O)[O-])c(OC(F)F)c1. The minimum absolute atomic E-state index is 0.165. The van der Waals surface area contributed by atoms with Crippen LogP contribution in [0.15, 0.2) is 18.2 Å². The second-order valence-electron chi connectivity index (χ2n) is 3.55. The number of alkyl halides is 2. The monoisotopic (exact) mass is 262 g/mol. The quantitative estimate of drug-likeness (QED) is 0.605. The Bertz CT molecular complexity index is 428. The maximum Gasteiger partial charge on any atom is 0.387 e. The fraction of sp³-hybridized carbons (Fsp3) is 0.400. The predicted molar refractivity (Wildman–Crippen MR) is 59.9 cm³/mol. The van der Waals surface area contributed by atoms with Gasteiger partial charge in [0.1, 0.15) is 0 Å². The zero-order valence-electron chi connectivity index (χ0n) is 9.47. The van der Waals surface area contributed by atoms with Gasteiger partial charge in [-0.25, -0.2) is 0 Å². The number of anilines is 1. The fourth-order valence-corrected chi connectivity index (χ4v) is 1.28. The minimum atomic E-state index is -3.14. The fourth-order valence-electron chi connectivity index (χ4n) is 1.28. The topological polar surface area (TPSA) is 84.6 Å². The first kappa shape index (κ1) is 14.1. The van der Waals surface area contributed by atoms with E-state index in [4.69, 9.17) is 5.11 Å². The van der Waals surface area contributed by atoms with Gasteiger partial charge in [-0.1, -0.05) is 0 Å². The number of benzene rings is 1. The minimum Gasteiger partial charge on any atom is -0.427 e. The van der Waals surface area contributed by atoms with E-state index in [9.17, 15) is 18.9 Å². The van der Waals surface area contributed by atoms with E-state index in [1.807, 2.05) is 0 Å². The van der Waals surface area contributed by atoms with E-state index in [0.717, 1.165) is 12.1 Å². The summed E-state index contributed by atoms with van der Waals surface area (Å²) in [5, 5.41) is 22.2. The van der Waals surface area contributed by atoms with Crippen LogP contribution in [-0.4, -0.2) is 29.3 Å². The summed E-state index contributed by atoms with van der Waals surface area (Å²) in [6, 6.07) is 3.19. The molecular formula is C10H12F2N2O4. The van der Waals surface area contributed by atoms with Gasteiger partial charge in [-0.3, -0.25) is 10.1 Å². The third-order valence-electron chi connectivity index (χ3n) is 2.06. The van der Waals surface area contributed by atoms with Gasteiger partial charge in [-0.15, -0.1) is 0 Å². The molecule has 1 rings (SSSR count). The van der Waals surface area contributed by atoms with Gasteiger partial charge < -0.3 is 15.2 Å². The van der Waals surface area contributed by atoms with Crippen molar-refractivity contribution in [3.63, 3.8) is 0 Å². The number of nitro groups is 1. The lowest BCUT2D eigenvalue weighted by Gasteiger charge is -2.13. The molecule has 2 N–H and O–H groups in total. The molecule has 0 heterocycles. The third-order valence-corrected chi connectivity index (χ3v) is 2.06. The van der Waals surface area contributed by atoms with Gasteiger partial charge in [0.2, 0.25) is 5.75 Å². The largest absolute Gasteiger partial charge is 0.427 e. The lowest BCUT2D eigenvalue weighted by Crippen LogP contribution is -2.19. The summed E-state index contributed by atoms with van der Waals surface area (Å²) in [5.74, 6) is -0.523. The van der Waals surface area contributed by atoms with Crippen molar-refractivity contribution in [1.29, 1.82) is 0 Å². The maximum absolute atomic E-state index is 12.1. The highest BCUT2D eigenvalue weighted by atomic mass is 19.3. The van der Waals surface area contributed by atoms with Crippen LogP contribution in [-0.2, 0) is 0 Å². The predicted octanol–water partition coefficient (Wildman–Crippen LogP) is 1.99. The number of rotatable bonds is 6. The van der Waals surface area contributed by atoms with Crippen LogP contribution in [0.1, 0.15) is 6.92 Å².